The van der Waals surface area contributed by atoms with Gasteiger partial charge in [-0.15, -0.1) is 0 Å². The monoisotopic (exact) mass is 340 g/mol. The summed E-state index contributed by atoms with van der Waals surface area (Å²) in [4.78, 5) is 26.0. The lowest BCUT2D eigenvalue weighted by atomic mass is 9.85. The number of hydrogen-bond donors (Lipinski definition) is 1. The van der Waals surface area contributed by atoms with Gasteiger partial charge in [0, 0.05) is 19.3 Å². The second kappa shape index (κ2) is 6.31. The number of likely N-dealkylation sites (N-methyl/N-ethyl adjacent to an activating group) is 1. The van der Waals surface area contributed by atoms with Gasteiger partial charge in [-0.3, -0.25) is 9.59 Å². The number of benzene rings is 2. The number of rotatable bonds is 4. The molecule has 1 aliphatic heterocycles. The molecule has 2 aromatic rings. The lowest BCUT2D eigenvalue weighted by Crippen LogP contribution is -2.33. The van der Waals surface area contributed by atoms with E-state index in [9.17, 15) is 14.0 Å². The number of amides is 2. The van der Waals surface area contributed by atoms with E-state index in [-0.39, 0.29) is 11.5 Å². The summed E-state index contributed by atoms with van der Waals surface area (Å²) in [7, 11) is 1.78. The van der Waals surface area contributed by atoms with E-state index < -0.39 is 17.1 Å². The molecule has 0 radical (unpaired) electrons. The Morgan fingerprint density at radius 2 is 1.92 bits per heavy atom. The molecular formula is C20H21FN2O2. The topological polar surface area (TPSA) is 49.4 Å². The quantitative estimate of drug-likeness (QED) is 0.930. The molecule has 1 aliphatic rings. The number of nitrogens with one attached hydrogen (secondary N) is 1. The third-order valence-corrected chi connectivity index (χ3v) is 4.75. The molecule has 3 rings (SSSR count). The minimum atomic E-state index is -0.545. The highest BCUT2D eigenvalue weighted by Gasteiger charge is 2.42. The standard InChI is InChI=1S/C20H21FN2O2/c1-20(2)15-12-13(8-9-17(15)23(3)19(20)25)10-11-22-18(24)14-6-4-5-7-16(14)21/h4-9,12H,10-11H2,1-3H3,(H,22,24). The molecule has 5 heteroatoms. The first-order valence-electron chi connectivity index (χ1n) is 8.26. The van der Waals surface area contributed by atoms with E-state index >= 15 is 0 Å². The fourth-order valence-corrected chi connectivity index (χ4v) is 3.24. The Hall–Kier alpha value is -2.69. The summed E-state index contributed by atoms with van der Waals surface area (Å²) in [5.74, 6) is -0.872. The Morgan fingerprint density at radius 1 is 1.20 bits per heavy atom. The van der Waals surface area contributed by atoms with Crippen molar-refractivity contribution in [3.63, 3.8) is 0 Å². The first kappa shape index (κ1) is 17.1. The van der Waals surface area contributed by atoms with E-state index in [0.29, 0.717) is 13.0 Å². The predicted octanol–water partition coefficient (Wildman–Crippen LogP) is 3.05. The Morgan fingerprint density at radius 3 is 2.64 bits per heavy atom. The van der Waals surface area contributed by atoms with Crippen molar-refractivity contribution in [2.75, 3.05) is 18.5 Å². The first-order chi connectivity index (χ1) is 11.8. The minimum absolute atomic E-state index is 0.0461. The largest absolute Gasteiger partial charge is 0.352 e. The van der Waals surface area contributed by atoms with Crippen LogP contribution in [0, 0.1) is 5.82 Å². The summed E-state index contributed by atoms with van der Waals surface area (Å²) in [6.45, 7) is 4.24. The molecule has 0 unspecified atom stereocenters. The molecule has 130 valence electrons. The average molecular weight is 340 g/mol. The lowest BCUT2D eigenvalue weighted by molar-refractivity contribution is -0.121. The zero-order chi connectivity index (χ0) is 18.2. The molecule has 0 aliphatic carbocycles. The maximum absolute atomic E-state index is 13.6. The molecule has 0 atom stereocenters. The van der Waals surface area contributed by atoms with Crippen molar-refractivity contribution in [3.8, 4) is 0 Å². The zero-order valence-electron chi connectivity index (χ0n) is 14.6. The van der Waals surface area contributed by atoms with Crippen molar-refractivity contribution in [3.05, 3.63) is 65.0 Å². The van der Waals surface area contributed by atoms with Crippen LogP contribution in [0.15, 0.2) is 42.5 Å². The van der Waals surface area contributed by atoms with Gasteiger partial charge in [0.25, 0.3) is 5.91 Å². The normalized spacial score (nSPS) is 15.2. The number of carbonyl (C=O) groups is 2. The SMILES string of the molecule is CN1C(=O)C(C)(C)c2cc(CCNC(=O)c3ccccc3F)ccc21. The van der Waals surface area contributed by atoms with E-state index in [1.807, 2.05) is 32.0 Å². The second-order valence-electron chi connectivity index (χ2n) is 6.83. The minimum Gasteiger partial charge on any atom is -0.352 e. The number of fused-ring (bicyclic) bond motifs is 1. The van der Waals surface area contributed by atoms with Crippen LogP contribution in [0.5, 0.6) is 0 Å². The van der Waals surface area contributed by atoms with E-state index in [1.165, 1.54) is 12.1 Å². The van der Waals surface area contributed by atoms with Crippen LogP contribution in [-0.4, -0.2) is 25.4 Å². The van der Waals surface area contributed by atoms with Crippen LogP contribution in [0.1, 0.15) is 35.3 Å². The van der Waals surface area contributed by atoms with E-state index in [4.69, 9.17) is 0 Å². The zero-order valence-corrected chi connectivity index (χ0v) is 14.6. The van der Waals surface area contributed by atoms with Gasteiger partial charge in [0.2, 0.25) is 5.91 Å². The molecule has 0 aromatic heterocycles. The van der Waals surface area contributed by atoms with Crippen LogP contribution < -0.4 is 10.2 Å². The van der Waals surface area contributed by atoms with Crippen LogP contribution >= 0.6 is 0 Å². The Kier molecular flexibility index (Phi) is 4.33. The van der Waals surface area contributed by atoms with Crippen LogP contribution in [0.4, 0.5) is 10.1 Å². The fourth-order valence-electron chi connectivity index (χ4n) is 3.24. The number of hydrogen-bond acceptors (Lipinski definition) is 2. The fraction of sp³-hybridized carbons (Fsp3) is 0.300. The summed E-state index contributed by atoms with van der Waals surface area (Å²) >= 11 is 0. The number of nitrogens with zero attached hydrogens (tertiary/aromatic N) is 1. The lowest BCUT2D eigenvalue weighted by Gasteiger charge is -2.16. The third-order valence-electron chi connectivity index (χ3n) is 4.75. The molecule has 1 N–H and O–H groups in total. The third kappa shape index (κ3) is 3.02. The highest BCUT2D eigenvalue weighted by atomic mass is 19.1. The summed E-state index contributed by atoms with van der Waals surface area (Å²) < 4.78 is 13.6. The molecule has 0 saturated carbocycles. The predicted molar refractivity (Wildman–Crippen MR) is 95.3 cm³/mol. The van der Waals surface area contributed by atoms with Crippen LogP contribution in [0.2, 0.25) is 0 Å². The molecular weight excluding hydrogens is 319 g/mol. The van der Waals surface area contributed by atoms with Crippen LogP contribution in [-0.2, 0) is 16.6 Å². The highest BCUT2D eigenvalue weighted by molar-refractivity contribution is 6.07. The van der Waals surface area contributed by atoms with Crippen molar-refractivity contribution < 1.29 is 14.0 Å². The van der Waals surface area contributed by atoms with Gasteiger partial charge < -0.3 is 10.2 Å². The average Bonchev–Trinajstić information content (AvgIpc) is 2.76. The number of carbonyl (C=O) groups excluding carboxylic acids is 2. The van der Waals surface area contributed by atoms with Gasteiger partial charge in [0.05, 0.1) is 11.0 Å². The summed E-state index contributed by atoms with van der Waals surface area (Å²) in [5, 5.41) is 2.74. The smallest absolute Gasteiger partial charge is 0.254 e. The molecule has 2 aromatic carbocycles. The molecule has 0 saturated heterocycles. The maximum Gasteiger partial charge on any atom is 0.254 e. The van der Waals surface area contributed by atoms with Crippen molar-refractivity contribution >= 4 is 17.5 Å². The second-order valence-corrected chi connectivity index (χ2v) is 6.83. The Bertz CT molecular complexity index is 845. The van der Waals surface area contributed by atoms with Gasteiger partial charge in [0.1, 0.15) is 5.82 Å². The molecule has 4 nitrogen and oxygen atoms in total. The first-order valence-corrected chi connectivity index (χ1v) is 8.26. The number of halogens is 1. The highest BCUT2D eigenvalue weighted by Crippen LogP contribution is 2.41. The molecule has 0 fully saturated rings. The van der Waals surface area contributed by atoms with Crippen molar-refractivity contribution in [2.45, 2.75) is 25.7 Å². The molecule has 0 bridgehead atoms. The van der Waals surface area contributed by atoms with Crippen molar-refractivity contribution in [1.82, 2.24) is 5.32 Å². The van der Waals surface area contributed by atoms with Gasteiger partial charge in [-0.25, -0.2) is 4.39 Å². The Labute approximate surface area is 146 Å². The number of anilines is 1. The Balaban J connectivity index is 1.68. The van der Waals surface area contributed by atoms with Crippen LogP contribution in [0.3, 0.4) is 0 Å². The maximum atomic E-state index is 13.6. The molecule has 25 heavy (non-hydrogen) atoms. The molecule has 0 spiro atoms. The summed E-state index contributed by atoms with van der Waals surface area (Å²) in [6, 6.07) is 11.8. The van der Waals surface area contributed by atoms with Gasteiger partial charge in [-0.1, -0.05) is 24.3 Å². The summed E-state index contributed by atoms with van der Waals surface area (Å²) in [6.07, 6.45) is 0.613. The van der Waals surface area contributed by atoms with E-state index in [0.717, 1.165) is 16.8 Å². The van der Waals surface area contributed by atoms with E-state index in [2.05, 4.69) is 5.32 Å². The van der Waals surface area contributed by atoms with Crippen molar-refractivity contribution in [2.24, 2.45) is 0 Å². The van der Waals surface area contributed by atoms with Crippen molar-refractivity contribution in [1.29, 1.82) is 0 Å². The van der Waals surface area contributed by atoms with Gasteiger partial charge in [-0.2, -0.15) is 0 Å². The molecule has 1 heterocycles. The summed E-state index contributed by atoms with van der Waals surface area (Å²) in [5.41, 5.74) is 2.46. The van der Waals surface area contributed by atoms with Gasteiger partial charge in [0.15, 0.2) is 0 Å². The molecule has 2 amide bonds. The van der Waals surface area contributed by atoms with Crippen LogP contribution in [0.25, 0.3) is 0 Å². The van der Waals surface area contributed by atoms with Gasteiger partial charge >= 0.3 is 0 Å². The van der Waals surface area contributed by atoms with Gasteiger partial charge in [-0.05, 0) is 49.6 Å². The van der Waals surface area contributed by atoms with E-state index in [1.54, 1.807) is 24.1 Å².